The first-order valence-electron chi connectivity index (χ1n) is 6.92. The van der Waals surface area contributed by atoms with Crippen LogP contribution in [0.2, 0.25) is 0 Å². The molecule has 0 spiro atoms. The zero-order valence-corrected chi connectivity index (χ0v) is 12.2. The van der Waals surface area contributed by atoms with E-state index in [0.29, 0.717) is 31.3 Å². The van der Waals surface area contributed by atoms with Crippen molar-refractivity contribution in [3.8, 4) is 17.2 Å². The Morgan fingerprint density at radius 1 is 0.909 bits per heavy atom. The smallest absolute Gasteiger partial charge is 0.273 e. The molecule has 0 unspecified atom stereocenters. The van der Waals surface area contributed by atoms with Gasteiger partial charge in [-0.25, -0.2) is 0 Å². The van der Waals surface area contributed by atoms with Gasteiger partial charge in [-0.05, 0) is 37.3 Å². The molecule has 0 N–H and O–H groups in total. The van der Waals surface area contributed by atoms with Crippen LogP contribution in [0.1, 0.15) is 6.92 Å². The van der Waals surface area contributed by atoms with Crippen LogP contribution in [0, 0.1) is 10.1 Å². The maximum atomic E-state index is 10.7. The summed E-state index contributed by atoms with van der Waals surface area (Å²) in [6.45, 7) is 3.19. The van der Waals surface area contributed by atoms with Crippen molar-refractivity contribution in [2.24, 2.45) is 0 Å². The normalized spacial score (nSPS) is 10.0. The summed E-state index contributed by atoms with van der Waals surface area (Å²) in [7, 11) is 0. The van der Waals surface area contributed by atoms with E-state index in [1.54, 1.807) is 12.1 Å². The van der Waals surface area contributed by atoms with Crippen LogP contribution in [-0.4, -0.2) is 24.7 Å². The van der Waals surface area contributed by atoms with Crippen molar-refractivity contribution in [2.75, 3.05) is 19.8 Å². The molecule has 0 amide bonds. The molecule has 116 valence electrons. The summed E-state index contributed by atoms with van der Waals surface area (Å²) in [6, 6.07) is 13.4. The second-order valence-electron chi connectivity index (χ2n) is 4.36. The summed E-state index contributed by atoms with van der Waals surface area (Å²) in [5.74, 6) is 1.96. The number of rotatable bonds is 8. The van der Waals surface area contributed by atoms with E-state index in [1.807, 2.05) is 31.2 Å². The molecule has 2 rings (SSSR count). The maximum absolute atomic E-state index is 10.7. The van der Waals surface area contributed by atoms with Gasteiger partial charge in [-0.3, -0.25) is 10.1 Å². The zero-order chi connectivity index (χ0) is 15.8. The van der Waals surface area contributed by atoms with Crippen LogP contribution in [0.5, 0.6) is 17.2 Å². The van der Waals surface area contributed by atoms with E-state index < -0.39 is 4.92 Å². The fourth-order valence-electron chi connectivity index (χ4n) is 1.80. The summed E-state index contributed by atoms with van der Waals surface area (Å²) >= 11 is 0. The van der Waals surface area contributed by atoms with Crippen molar-refractivity contribution < 1.29 is 19.1 Å². The Morgan fingerprint density at radius 3 is 2.09 bits per heavy atom. The van der Waals surface area contributed by atoms with Gasteiger partial charge < -0.3 is 14.2 Å². The van der Waals surface area contributed by atoms with Crippen molar-refractivity contribution in [3.05, 3.63) is 58.6 Å². The van der Waals surface area contributed by atoms with Crippen LogP contribution in [-0.2, 0) is 0 Å². The number of hydrogen-bond acceptors (Lipinski definition) is 5. The molecule has 0 bridgehead atoms. The predicted octanol–water partition coefficient (Wildman–Crippen LogP) is 3.45. The number of ether oxygens (including phenoxy) is 3. The van der Waals surface area contributed by atoms with Crippen LogP contribution in [0.25, 0.3) is 0 Å². The Hall–Kier alpha value is -2.76. The molecular formula is C16H17NO5. The Morgan fingerprint density at radius 2 is 1.50 bits per heavy atom. The minimum atomic E-state index is -0.455. The van der Waals surface area contributed by atoms with E-state index >= 15 is 0 Å². The van der Waals surface area contributed by atoms with E-state index in [1.165, 1.54) is 12.1 Å². The number of hydrogen-bond donors (Lipinski definition) is 0. The lowest BCUT2D eigenvalue weighted by Crippen LogP contribution is -2.09. The molecule has 0 atom stereocenters. The largest absolute Gasteiger partial charge is 0.494 e. The van der Waals surface area contributed by atoms with E-state index in [9.17, 15) is 10.1 Å². The van der Waals surface area contributed by atoms with Gasteiger partial charge in [0.1, 0.15) is 30.5 Å². The highest BCUT2D eigenvalue weighted by atomic mass is 16.6. The topological polar surface area (TPSA) is 70.8 Å². The summed E-state index contributed by atoms with van der Waals surface area (Å²) in [4.78, 5) is 10.2. The van der Waals surface area contributed by atoms with Crippen LogP contribution >= 0.6 is 0 Å². The molecular weight excluding hydrogens is 286 g/mol. The highest BCUT2D eigenvalue weighted by molar-refractivity contribution is 5.38. The molecule has 0 aliphatic rings. The first-order chi connectivity index (χ1) is 10.7. The van der Waals surface area contributed by atoms with Crippen LogP contribution < -0.4 is 14.2 Å². The maximum Gasteiger partial charge on any atom is 0.273 e. The fraction of sp³-hybridized carbons (Fsp3) is 0.250. The van der Waals surface area contributed by atoms with Crippen molar-refractivity contribution in [1.29, 1.82) is 0 Å². The lowest BCUT2D eigenvalue weighted by atomic mass is 10.3. The average molecular weight is 303 g/mol. The lowest BCUT2D eigenvalue weighted by molar-refractivity contribution is -0.384. The Balaban J connectivity index is 1.77. The molecule has 2 aromatic rings. The minimum absolute atomic E-state index is 0.00457. The number of non-ortho nitro benzene ring substituents is 1. The molecule has 0 radical (unpaired) electrons. The van der Waals surface area contributed by atoms with Crippen molar-refractivity contribution in [1.82, 2.24) is 0 Å². The quantitative estimate of drug-likeness (QED) is 0.424. The molecule has 0 saturated carbocycles. The third-order valence-electron chi connectivity index (χ3n) is 2.78. The monoisotopic (exact) mass is 303 g/mol. The standard InChI is InChI=1S/C16H17NO5/c1-2-20-14-6-8-15(9-7-14)21-10-11-22-16-5-3-4-13(12-16)17(18)19/h3-9,12H,2,10-11H2,1H3. The molecule has 0 aromatic heterocycles. The minimum Gasteiger partial charge on any atom is -0.494 e. The van der Waals surface area contributed by atoms with Crippen molar-refractivity contribution >= 4 is 5.69 Å². The van der Waals surface area contributed by atoms with Gasteiger partial charge in [-0.2, -0.15) is 0 Å². The highest BCUT2D eigenvalue weighted by Gasteiger charge is 2.06. The van der Waals surface area contributed by atoms with Gasteiger partial charge in [0, 0.05) is 6.07 Å². The van der Waals surface area contributed by atoms with Crippen molar-refractivity contribution in [2.45, 2.75) is 6.92 Å². The Kier molecular flexibility index (Phi) is 5.59. The van der Waals surface area contributed by atoms with Gasteiger partial charge in [0.25, 0.3) is 5.69 Å². The predicted molar refractivity (Wildman–Crippen MR) is 81.7 cm³/mol. The lowest BCUT2D eigenvalue weighted by Gasteiger charge is -2.09. The average Bonchev–Trinajstić information content (AvgIpc) is 2.54. The van der Waals surface area contributed by atoms with Crippen molar-refractivity contribution in [3.63, 3.8) is 0 Å². The second-order valence-corrected chi connectivity index (χ2v) is 4.36. The van der Waals surface area contributed by atoms with Crippen LogP contribution in [0.15, 0.2) is 48.5 Å². The van der Waals surface area contributed by atoms with Crippen LogP contribution in [0.4, 0.5) is 5.69 Å². The van der Waals surface area contributed by atoms with E-state index in [-0.39, 0.29) is 5.69 Å². The fourth-order valence-corrected chi connectivity index (χ4v) is 1.80. The number of nitrogens with zero attached hydrogens (tertiary/aromatic N) is 1. The molecule has 6 heteroatoms. The van der Waals surface area contributed by atoms with Gasteiger partial charge in [0.2, 0.25) is 0 Å². The molecule has 0 saturated heterocycles. The summed E-state index contributed by atoms with van der Waals surface area (Å²) in [6.07, 6.45) is 0. The van der Waals surface area contributed by atoms with Gasteiger partial charge in [0.05, 0.1) is 17.6 Å². The molecule has 2 aromatic carbocycles. The molecule has 6 nitrogen and oxygen atoms in total. The summed E-state index contributed by atoms with van der Waals surface area (Å²) in [5, 5.41) is 10.7. The molecule has 0 aliphatic heterocycles. The summed E-state index contributed by atoms with van der Waals surface area (Å²) < 4.78 is 16.3. The second kappa shape index (κ2) is 7.87. The number of nitro groups is 1. The third kappa shape index (κ3) is 4.66. The SMILES string of the molecule is CCOc1ccc(OCCOc2cccc([N+](=O)[O-])c2)cc1. The van der Waals surface area contributed by atoms with Gasteiger partial charge >= 0.3 is 0 Å². The van der Waals surface area contributed by atoms with Gasteiger partial charge in [-0.1, -0.05) is 6.07 Å². The molecule has 0 aliphatic carbocycles. The van der Waals surface area contributed by atoms with Gasteiger partial charge in [0.15, 0.2) is 0 Å². The number of benzene rings is 2. The van der Waals surface area contributed by atoms with E-state index in [2.05, 4.69) is 0 Å². The highest BCUT2D eigenvalue weighted by Crippen LogP contribution is 2.20. The first kappa shape index (κ1) is 15.6. The third-order valence-corrected chi connectivity index (χ3v) is 2.78. The first-order valence-corrected chi connectivity index (χ1v) is 6.92. The number of nitro benzene ring substituents is 1. The van der Waals surface area contributed by atoms with Gasteiger partial charge in [-0.15, -0.1) is 0 Å². The Bertz CT molecular complexity index is 612. The zero-order valence-electron chi connectivity index (χ0n) is 12.2. The molecule has 22 heavy (non-hydrogen) atoms. The summed E-state index contributed by atoms with van der Waals surface area (Å²) in [5.41, 5.74) is 0.00457. The molecule has 0 fully saturated rings. The van der Waals surface area contributed by atoms with E-state index in [0.717, 1.165) is 5.75 Å². The van der Waals surface area contributed by atoms with Crippen LogP contribution in [0.3, 0.4) is 0 Å². The molecule has 0 heterocycles. The van der Waals surface area contributed by atoms with E-state index in [4.69, 9.17) is 14.2 Å². The Labute approximate surface area is 128 Å².